The Labute approximate surface area is 163 Å². The summed E-state index contributed by atoms with van der Waals surface area (Å²) < 4.78 is 1.67. The van der Waals surface area contributed by atoms with Gasteiger partial charge >= 0.3 is 0 Å². The summed E-state index contributed by atoms with van der Waals surface area (Å²) in [5, 5.41) is 15.5. The van der Waals surface area contributed by atoms with Gasteiger partial charge in [-0.3, -0.25) is 4.79 Å². The molecule has 27 heavy (non-hydrogen) atoms. The van der Waals surface area contributed by atoms with E-state index < -0.39 is 0 Å². The maximum Gasteiger partial charge on any atom is 0.230 e. The summed E-state index contributed by atoms with van der Waals surface area (Å²) in [6, 6.07) is 14.1. The molecule has 7 heteroatoms. The van der Waals surface area contributed by atoms with E-state index in [1.165, 1.54) is 22.9 Å². The second-order valence-electron chi connectivity index (χ2n) is 6.58. The highest BCUT2D eigenvalue weighted by Gasteiger charge is 2.15. The molecule has 0 aliphatic heterocycles. The summed E-state index contributed by atoms with van der Waals surface area (Å²) >= 11 is 1.32. The van der Waals surface area contributed by atoms with Gasteiger partial charge in [0, 0.05) is 0 Å². The maximum atomic E-state index is 12.4. The molecule has 0 spiro atoms. The van der Waals surface area contributed by atoms with Crippen LogP contribution < -0.4 is 5.32 Å². The molecule has 3 aromatic rings. The van der Waals surface area contributed by atoms with Crippen molar-refractivity contribution >= 4 is 17.7 Å². The fourth-order valence-corrected chi connectivity index (χ4v) is 3.45. The number of amides is 1. The molecule has 0 fully saturated rings. The molecule has 3 rings (SSSR count). The third-order valence-electron chi connectivity index (χ3n) is 4.53. The lowest BCUT2D eigenvalue weighted by Crippen LogP contribution is -2.28. The average Bonchev–Trinajstić information content (AvgIpc) is 3.11. The minimum absolute atomic E-state index is 0.0509. The Morgan fingerprint density at radius 1 is 1.11 bits per heavy atom. The zero-order valence-electron chi connectivity index (χ0n) is 15.9. The van der Waals surface area contributed by atoms with E-state index in [-0.39, 0.29) is 17.7 Å². The van der Waals surface area contributed by atoms with Crippen molar-refractivity contribution < 1.29 is 4.79 Å². The zero-order valence-corrected chi connectivity index (χ0v) is 16.7. The molecule has 0 saturated heterocycles. The summed E-state index contributed by atoms with van der Waals surface area (Å²) in [6.07, 6.45) is 0. The number of hydrogen-bond acceptors (Lipinski definition) is 5. The van der Waals surface area contributed by atoms with Crippen LogP contribution in [0, 0.1) is 20.8 Å². The van der Waals surface area contributed by atoms with Gasteiger partial charge in [-0.25, -0.2) is 0 Å². The Morgan fingerprint density at radius 2 is 1.89 bits per heavy atom. The van der Waals surface area contributed by atoms with Crippen LogP contribution in [0.15, 0.2) is 47.6 Å². The number of hydrogen-bond donors (Lipinski definition) is 1. The summed E-state index contributed by atoms with van der Waals surface area (Å²) in [5.74, 6) is 0.201. The summed E-state index contributed by atoms with van der Waals surface area (Å²) in [6.45, 7) is 8.15. The SMILES string of the molecule is Cc1ccc([C@@H](C)NC(=O)CSc2nnnn2-c2ccccc2C)cc1C. The smallest absolute Gasteiger partial charge is 0.230 e. The van der Waals surface area contributed by atoms with Gasteiger partial charge in [0.05, 0.1) is 17.5 Å². The molecule has 1 aromatic heterocycles. The lowest BCUT2D eigenvalue weighted by molar-refractivity contribution is -0.119. The standard InChI is InChI=1S/C20H23N5OS/c1-13-9-10-17(11-15(13)3)16(4)21-19(26)12-27-20-22-23-24-25(20)18-8-6-5-7-14(18)2/h5-11,16H,12H2,1-4H3,(H,21,26)/t16-/m1/s1. The van der Waals surface area contributed by atoms with Gasteiger partial charge in [-0.2, -0.15) is 4.68 Å². The second kappa shape index (κ2) is 8.35. The zero-order chi connectivity index (χ0) is 19.4. The highest BCUT2D eigenvalue weighted by Crippen LogP contribution is 2.21. The lowest BCUT2D eigenvalue weighted by atomic mass is 10.0. The number of para-hydroxylation sites is 1. The van der Waals surface area contributed by atoms with Gasteiger partial charge in [0.1, 0.15) is 0 Å². The molecule has 0 aliphatic carbocycles. The first kappa shape index (κ1) is 19.1. The molecular formula is C20H23N5OS. The van der Waals surface area contributed by atoms with Gasteiger partial charge in [0.25, 0.3) is 0 Å². The number of aryl methyl sites for hydroxylation is 3. The molecule has 6 nitrogen and oxygen atoms in total. The van der Waals surface area contributed by atoms with E-state index >= 15 is 0 Å². The van der Waals surface area contributed by atoms with Crippen molar-refractivity contribution in [2.24, 2.45) is 0 Å². The average molecular weight is 382 g/mol. The van der Waals surface area contributed by atoms with E-state index in [1.807, 2.05) is 38.1 Å². The van der Waals surface area contributed by atoms with Gasteiger partial charge in [-0.1, -0.05) is 48.2 Å². The van der Waals surface area contributed by atoms with E-state index in [9.17, 15) is 4.79 Å². The second-order valence-corrected chi connectivity index (χ2v) is 7.52. The van der Waals surface area contributed by atoms with Crippen molar-refractivity contribution in [3.8, 4) is 5.69 Å². The van der Waals surface area contributed by atoms with E-state index in [2.05, 4.69) is 52.9 Å². The third kappa shape index (κ3) is 4.54. The van der Waals surface area contributed by atoms with Crippen LogP contribution in [0.2, 0.25) is 0 Å². The third-order valence-corrected chi connectivity index (χ3v) is 5.44. The van der Waals surface area contributed by atoms with Crippen molar-refractivity contribution in [2.75, 3.05) is 5.75 Å². The van der Waals surface area contributed by atoms with E-state index in [0.717, 1.165) is 16.8 Å². The van der Waals surface area contributed by atoms with Crippen LogP contribution in [0.3, 0.4) is 0 Å². The van der Waals surface area contributed by atoms with Crippen LogP contribution in [0.25, 0.3) is 5.69 Å². The highest BCUT2D eigenvalue weighted by molar-refractivity contribution is 7.99. The molecule has 0 bridgehead atoms. The monoisotopic (exact) mass is 381 g/mol. The largest absolute Gasteiger partial charge is 0.349 e. The number of carbonyl (C=O) groups is 1. The van der Waals surface area contributed by atoms with Crippen molar-refractivity contribution in [1.82, 2.24) is 25.5 Å². The molecule has 1 atom stereocenters. The van der Waals surface area contributed by atoms with Gasteiger partial charge in [-0.05, 0) is 66.4 Å². The molecule has 0 aliphatic rings. The number of benzene rings is 2. The summed E-state index contributed by atoms with van der Waals surface area (Å²) in [7, 11) is 0. The highest BCUT2D eigenvalue weighted by atomic mass is 32.2. The van der Waals surface area contributed by atoms with Gasteiger partial charge in [0.15, 0.2) is 0 Å². The first-order chi connectivity index (χ1) is 13.0. The summed E-state index contributed by atoms with van der Waals surface area (Å²) in [5.41, 5.74) is 5.55. The van der Waals surface area contributed by atoms with Crippen LogP contribution in [0.5, 0.6) is 0 Å². The van der Waals surface area contributed by atoms with E-state index in [0.29, 0.717) is 5.16 Å². The number of nitrogens with one attached hydrogen (secondary N) is 1. The number of aromatic nitrogens is 4. The fourth-order valence-electron chi connectivity index (χ4n) is 2.75. The van der Waals surface area contributed by atoms with E-state index in [1.54, 1.807) is 4.68 Å². The predicted molar refractivity (Wildman–Crippen MR) is 107 cm³/mol. The molecule has 2 aromatic carbocycles. The van der Waals surface area contributed by atoms with Crippen molar-refractivity contribution in [2.45, 2.75) is 38.9 Å². The predicted octanol–water partition coefficient (Wildman–Crippen LogP) is 3.56. The lowest BCUT2D eigenvalue weighted by Gasteiger charge is -2.15. The first-order valence-electron chi connectivity index (χ1n) is 8.79. The van der Waals surface area contributed by atoms with Gasteiger partial charge in [-0.15, -0.1) is 5.10 Å². The van der Waals surface area contributed by atoms with Crippen molar-refractivity contribution in [1.29, 1.82) is 0 Å². The molecule has 1 N–H and O–H groups in total. The van der Waals surface area contributed by atoms with Gasteiger partial charge < -0.3 is 5.32 Å². The molecule has 1 amide bonds. The van der Waals surface area contributed by atoms with Crippen LogP contribution in [-0.2, 0) is 4.79 Å². The Bertz CT molecular complexity index is 953. The van der Waals surface area contributed by atoms with Crippen LogP contribution in [0.4, 0.5) is 0 Å². The number of carbonyl (C=O) groups excluding carboxylic acids is 1. The first-order valence-corrected chi connectivity index (χ1v) is 9.78. The number of nitrogens with zero attached hydrogens (tertiary/aromatic N) is 4. The van der Waals surface area contributed by atoms with Crippen LogP contribution >= 0.6 is 11.8 Å². The molecule has 0 saturated carbocycles. The minimum Gasteiger partial charge on any atom is -0.349 e. The van der Waals surface area contributed by atoms with Crippen molar-refractivity contribution in [3.63, 3.8) is 0 Å². The van der Waals surface area contributed by atoms with Gasteiger partial charge in [0.2, 0.25) is 11.1 Å². The maximum absolute atomic E-state index is 12.4. The number of tetrazole rings is 1. The molecule has 1 heterocycles. The normalized spacial score (nSPS) is 12.0. The Morgan fingerprint density at radius 3 is 2.63 bits per heavy atom. The van der Waals surface area contributed by atoms with Crippen LogP contribution in [-0.4, -0.2) is 31.9 Å². The summed E-state index contributed by atoms with van der Waals surface area (Å²) in [4.78, 5) is 12.4. The number of rotatable bonds is 6. The molecular weight excluding hydrogens is 358 g/mol. The fraction of sp³-hybridized carbons (Fsp3) is 0.300. The molecule has 0 unspecified atom stereocenters. The number of thioether (sulfide) groups is 1. The van der Waals surface area contributed by atoms with Crippen LogP contribution in [0.1, 0.15) is 35.2 Å². The Hall–Kier alpha value is -2.67. The molecule has 140 valence electrons. The quantitative estimate of drug-likeness (QED) is 0.661. The molecule has 0 radical (unpaired) electrons. The van der Waals surface area contributed by atoms with E-state index in [4.69, 9.17) is 0 Å². The Balaban J connectivity index is 1.62. The minimum atomic E-state index is -0.0511. The van der Waals surface area contributed by atoms with Crippen molar-refractivity contribution in [3.05, 3.63) is 64.7 Å². The topological polar surface area (TPSA) is 72.7 Å². The Kier molecular flexibility index (Phi) is 5.91.